The molecule has 0 amide bonds. The van der Waals surface area contributed by atoms with Crippen LogP contribution in [0.4, 0.5) is 0 Å². The standard InChI is InChI=1S/C37H44O5/c1-19(2)27-16-23(12-9-22-10-13-25(14-11-22)36(6,7)8)33(39)32-21(5)31-24(17-28(27)32)15-26-18-29(38)30(20(3)4)34(40)37(26,42)35(31)41/h10-11,13-14,16,19,24,26,39-42H,3,5,9,12,15,17-18H2,1-2,4,6-8H3/t24-,26+,37+/m1/s1. The van der Waals surface area contributed by atoms with Gasteiger partial charge in [0.2, 0.25) is 0 Å². The van der Waals surface area contributed by atoms with Crippen molar-refractivity contribution in [1.82, 2.24) is 0 Å². The van der Waals surface area contributed by atoms with E-state index < -0.39 is 17.3 Å². The maximum absolute atomic E-state index is 12.9. The fourth-order valence-corrected chi connectivity index (χ4v) is 7.30. The lowest BCUT2D eigenvalue weighted by atomic mass is 9.59. The highest BCUT2D eigenvalue weighted by Crippen LogP contribution is 2.56. The van der Waals surface area contributed by atoms with Crippen molar-refractivity contribution >= 4 is 11.4 Å². The van der Waals surface area contributed by atoms with Gasteiger partial charge in [0.25, 0.3) is 0 Å². The molecule has 42 heavy (non-hydrogen) atoms. The first-order chi connectivity index (χ1) is 19.6. The van der Waals surface area contributed by atoms with E-state index in [-0.39, 0.29) is 46.5 Å². The fourth-order valence-electron chi connectivity index (χ4n) is 7.30. The van der Waals surface area contributed by atoms with Gasteiger partial charge in [-0.05, 0) is 88.8 Å². The SMILES string of the molecule is C=C(C)C1=C(O)[C@]2(O)C(O)=C3C(=C)c4c(O)c(CCc5ccc(C(C)(C)C)cc5)cc(C(C)C)c4C[C@H]3C[C@H]2CC1=O. The summed E-state index contributed by atoms with van der Waals surface area (Å²) in [4.78, 5) is 12.9. The molecule has 0 unspecified atom stereocenters. The van der Waals surface area contributed by atoms with Gasteiger partial charge in [0.15, 0.2) is 11.4 Å². The molecule has 0 aliphatic heterocycles. The third-order valence-corrected chi connectivity index (χ3v) is 9.64. The van der Waals surface area contributed by atoms with Crippen LogP contribution in [0.1, 0.15) is 93.7 Å². The van der Waals surface area contributed by atoms with Crippen LogP contribution >= 0.6 is 0 Å². The number of aliphatic hydroxyl groups is 3. The van der Waals surface area contributed by atoms with Gasteiger partial charge in [0.05, 0.1) is 5.57 Å². The van der Waals surface area contributed by atoms with Crippen LogP contribution in [0, 0.1) is 11.8 Å². The molecule has 0 spiro atoms. The van der Waals surface area contributed by atoms with Crippen LogP contribution in [0.5, 0.6) is 5.75 Å². The van der Waals surface area contributed by atoms with Crippen LogP contribution in [-0.4, -0.2) is 31.8 Å². The second kappa shape index (κ2) is 10.3. The molecule has 3 atom stereocenters. The number of ketones is 1. The Labute approximate surface area is 249 Å². The first kappa shape index (κ1) is 29.9. The zero-order chi connectivity index (χ0) is 30.9. The molecule has 0 saturated carbocycles. The number of carbonyl (C=O) groups excluding carboxylic acids is 1. The van der Waals surface area contributed by atoms with E-state index in [0.29, 0.717) is 41.5 Å². The predicted octanol–water partition coefficient (Wildman–Crippen LogP) is 7.71. The van der Waals surface area contributed by atoms with Gasteiger partial charge in [-0.3, -0.25) is 4.79 Å². The Morgan fingerprint density at radius 3 is 2.26 bits per heavy atom. The summed E-state index contributed by atoms with van der Waals surface area (Å²) in [6.07, 6.45) is 2.35. The van der Waals surface area contributed by atoms with Gasteiger partial charge in [-0.15, -0.1) is 0 Å². The summed E-state index contributed by atoms with van der Waals surface area (Å²) in [5.74, 6) is -1.73. The maximum Gasteiger partial charge on any atom is 0.182 e. The number of rotatable bonds is 5. The van der Waals surface area contributed by atoms with E-state index in [1.807, 2.05) is 0 Å². The van der Waals surface area contributed by atoms with Crippen LogP contribution in [0.15, 0.2) is 71.7 Å². The minimum Gasteiger partial charge on any atom is -0.508 e. The molecular formula is C37H44O5. The molecule has 5 rings (SSSR count). The summed E-state index contributed by atoms with van der Waals surface area (Å²) in [6, 6.07) is 10.8. The number of hydrogen-bond acceptors (Lipinski definition) is 5. The van der Waals surface area contributed by atoms with Crippen LogP contribution in [0.2, 0.25) is 0 Å². The minimum atomic E-state index is -2.10. The molecule has 222 valence electrons. The Morgan fingerprint density at radius 2 is 1.69 bits per heavy atom. The summed E-state index contributed by atoms with van der Waals surface area (Å²) < 4.78 is 0. The normalized spacial score (nSPS) is 24.1. The Kier molecular flexibility index (Phi) is 7.34. The molecule has 0 saturated heterocycles. The van der Waals surface area contributed by atoms with E-state index in [1.54, 1.807) is 6.92 Å². The fraction of sp³-hybridized carbons (Fsp3) is 0.432. The monoisotopic (exact) mass is 568 g/mol. The average molecular weight is 569 g/mol. The minimum absolute atomic E-state index is 0.00782. The second-order valence-electron chi connectivity index (χ2n) is 13.9. The van der Waals surface area contributed by atoms with Gasteiger partial charge in [-0.2, -0.15) is 0 Å². The molecule has 0 fully saturated rings. The lowest BCUT2D eigenvalue weighted by Crippen LogP contribution is -2.52. The summed E-state index contributed by atoms with van der Waals surface area (Å²) in [5.41, 5.74) is 5.24. The number of fused-ring (bicyclic) bond motifs is 3. The van der Waals surface area contributed by atoms with Gasteiger partial charge >= 0.3 is 0 Å². The first-order valence-electron chi connectivity index (χ1n) is 15.0. The molecular weight excluding hydrogens is 524 g/mol. The predicted molar refractivity (Wildman–Crippen MR) is 168 cm³/mol. The largest absolute Gasteiger partial charge is 0.508 e. The summed E-state index contributed by atoms with van der Waals surface area (Å²) in [6.45, 7) is 20.6. The number of aryl methyl sites for hydroxylation is 2. The quantitative estimate of drug-likeness (QED) is 0.296. The smallest absolute Gasteiger partial charge is 0.182 e. The van der Waals surface area contributed by atoms with Gasteiger partial charge in [0.1, 0.15) is 17.3 Å². The maximum atomic E-state index is 12.9. The molecule has 2 aromatic rings. The van der Waals surface area contributed by atoms with Crippen molar-refractivity contribution in [2.45, 2.75) is 90.6 Å². The van der Waals surface area contributed by atoms with Crippen molar-refractivity contribution in [1.29, 1.82) is 0 Å². The summed E-state index contributed by atoms with van der Waals surface area (Å²) >= 11 is 0. The number of allylic oxidation sites excluding steroid dienone is 4. The highest BCUT2D eigenvalue weighted by Gasteiger charge is 2.57. The number of aromatic hydroxyl groups is 1. The van der Waals surface area contributed by atoms with Crippen molar-refractivity contribution in [2.24, 2.45) is 11.8 Å². The van der Waals surface area contributed by atoms with Crippen molar-refractivity contribution in [3.63, 3.8) is 0 Å². The molecule has 0 aromatic heterocycles. The Bertz CT molecular complexity index is 1560. The number of carbonyl (C=O) groups is 1. The second-order valence-corrected chi connectivity index (χ2v) is 13.9. The third-order valence-electron chi connectivity index (χ3n) is 9.64. The van der Waals surface area contributed by atoms with E-state index in [9.17, 15) is 25.2 Å². The Morgan fingerprint density at radius 1 is 1.05 bits per heavy atom. The number of phenols is 1. The van der Waals surface area contributed by atoms with Crippen molar-refractivity contribution < 1.29 is 25.2 Å². The molecule has 0 bridgehead atoms. The van der Waals surface area contributed by atoms with E-state index in [1.165, 1.54) is 11.1 Å². The Balaban J connectivity index is 1.57. The van der Waals surface area contributed by atoms with Crippen LogP contribution in [0.25, 0.3) is 5.57 Å². The number of aliphatic hydroxyl groups excluding tert-OH is 2. The van der Waals surface area contributed by atoms with Crippen LogP contribution < -0.4 is 0 Å². The van der Waals surface area contributed by atoms with E-state index >= 15 is 0 Å². The average Bonchev–Trinajstić information content (AvgIpc) is 2.89. The van der Waals surface area contributed by atoms with E-state index in [4.69, 9.17) is 0 Å². The van der Waals surface area contributed by atoms with Gasteiger partial charge in [-0.25, -0.2) is 0 Å². The molecule has 0 radical (unpaired) electrons. The summed E-state index contributed by atoms with van der Waals surface area (Å²) in [7, 11) is 0. The van der Waals surface area contributed by atoms with E-state index in [0.717, 1.165) is 23.1 Å². The molecule has 2 aromatic carbocycles. The molecule has 4 N–H and O–H groups in total. The molecule has 5 heteroatoms. The number of hydrogen-bond donors (Lipinski definition) is 4. The lowest BCUT2D eigenvalue weighted by Gasteiger charge is -2.47. The van der Waals surface area contributed by atoms with Crippen LogP contribution in [0.3, 0.4) is 0 Å². The lowest BCUT2D eigenvalue weighted by molar-refractivity contribution is -0.123. The van der Waals surface area contributed by atoms with Crippen molar-refractivity contribution in [3.05, 3.63) is 105 Å². The van der Waals surface area contributed by atoms with Gasteiger partial charge in [-0.1, -0.05) is 78.1 Å². The molecule has 3 aliphatic rings. The molecule has 0 heterocycles. The van der Waals surface area contributed by atoms with Gasteiger partial charge < -0.3 is 20.4 Å². The molecule has 5 nitrogen and oxygen atoms in total. The summed E-state index contributed by atoms with van der Waals surface area (Å²) in [5, 5.41) is 46.2. The number of phenolic OH excluding ortho intramolecular Hbond substituents is 1. The van der Waals surface area contributed by atoms with Crippen molar-refractivity contribution in [3.8, 4) is 5.75 Å². The van der Waals surface area contributed by atoms with Crippen LogP contribution in [-0.2, 0) is 29.5 Å². The molecule has 3 aliphatic carbocycles. The number of Topliss-reactive ketones (excluding diaryl/α,β-unsaturated/α-hetero) is 1. The van der Waals surface area contributed by atoms with E-state index in [2.05, 4.69) is 78.1 Å². The number of benzene rings is 2. The zero-order valence-electron chi connectivity index (χ0n) is 25.8. The Hall–Kier alpha value is -3.57. The van der Waals surface area contributed by atoms with Gasteiger partial charge in [0, 0.05) is 23.5 Å². The first-order valence-corrected chi connectivity index (χ1v) is 15.0. The zero-order valence-corrected chi connectivity index (χ0v) is 25.8. The highest BCUT2D eigenvalue weighted by molar-refractivity contribution is 6.01. The van der Waals surface area contributed by atoms with Crippen molar-refractivity contribution in [2.75, 3.05) is 0 Å². The third kappa shape index (κ3) is 4.63. The topological polar surface area (TPSA) is 98.0 Å². The highest BCUT2D eigenvalue weighted by atomic mass is 16.4.